The zero-order valence-corrected chi connectivity index (χ0v) is 32.6. The molecule has 1 heterocycles. The lowest BCUT2D eigenvalue weighted by Gasteiger charge is -2.43. The molecule has 8 heteroatoms. The van der Waals surface area contributed by atoms with Crippen molar-refractivity contribution in [2.24, 2.45) is 5.92 Å². The Kier molecular flexibility index (Phi) is 15.0. The molecule has 5 aromatic carbocycles. The van der Waals surface area contributed by atoms with Crippen molar-refractivity contribution in [1.29, 1.82) is 0 Å². The Morgan fingerprint density at radius 1 is 0.679 bits per heavy atom. The van der Waals surface area contributed by atoms with E-state index in [-0.39, 0.29) is 36.5 Å². The van der Waals surface area contributed by atoms with Gasteiger partial charge in [-0.05, 0) is 51.8 Å². The molecule has 1 aliphatic heterocycles. The van der Waals surface area contributed by atoms with Gasteiger partial charge in [0.2, 0.25) is 11.8 Å². The van der Waals surface area contributed by atoms with Gasteiger partial charge in [-0.2, -0.15) is 0 Å². The van der Waals surface area contributed by atoms with Crippen molar-refractivity contribution in [2.45, 2.75) is 84.3 Å². The Morgan fingerprint density at radius 2 is 1.30 bits per heavy atom. The molecule has 0 aliphatic carbocycles. The van der Waals surface area contributed by atoms with E-state index in [2.05, 4.69) is 132 Å². The van der Waals surface area contributed by atoms with Crippen LogP contribution in [0.15, 0.2) is 133 Å². The summed E-state index contributed by atoms with van der Waals surface area (Å²) in [6, 6.07) is 45.8. The van der Waals surface area contributed by atoms with Crippen LogP contribution in [-0.2, 0) is 45.3 Å². The van der Waals surface area contributed by atoms with Crippen LogP contribution in [0.2, 0.25) is 0 Å². The molecule has 0 radical (unpaired) electrons. The Labute approximate surface area is 331 Å². The Morgan fingerprint density at radius 3 is 1.95 bits per heavy atom. The zero-order valence-electron chi connectivity index (χ0n) is 32.6. The fraction of sp³-hybridized carbons (Fsp3) is 0.333. The normalized spacial score (nSPS) is 18.1. The van der Waals surface area contributed by atoms with Gasteiger partial charge < -0.3 is 25.2 Å². The number of aliphatic hydroxyl groups excluding tert-OH is 1. The van der Waals surface area contributed by atoms with Crippen LogP contribution in [0.1, 0.15) is 85.3 Å². The smallest absolute Gasteiger partial charge is 0.220 e. The predicted molar refractivity (Wildman–Crippen MR) is 221 cm³/mol. The van der Waals surface area contributed by atoms with Gasteiger partial charge in [-0.3, -0.25) is 14.5 Å². The molecule has 1 saturated heterocycles. The van der Waals surface area contributed by atoms with Gasteiger partial charge in [-0.15, -0.1) is 0 Å². The Balaban J connectivity index is 1.18. The topological polar surface area (TPSA) is 100 Å². The molecular weight excluding hydrogens is 699 g/mol. The lowest BCUT2D eigenvalue weighted by Crippen LogP contribution is -2.44. The summed E-state index contributed by atoms with van der Waals surface area (Å²) in [7, 11) is 0. The number of benzene rings is 5. The molecule has 0 saturated carbocycles. The number of carbonyl (C=O) groups is 2. The van der Waals surface area contributed by atoms with E-state index >= 15 is 0 Å². The maximum atomic E-state index is 12.7. The number of nitrogens with zero attached hydrogens (tertiary/aromatic N) is 1. The van der Waals surface area contributed by atoms with Crippen molar-refractivity contribution >= 4 is 11.8 Å². The number of ether oxygens (including phenoxy) is 2. The van der Waals surface area contributed by atoms with Gasteiger partial charge in [0.05, 0.1) is 18.8 Å². The van der Waals surface area contributed by atoms with Crippen LogP contribution in [-0.4, -0.2) is 41.0 Å². The molecule has 6 rings (SSSR count). The highest BCUT2D eigenvalue weighted by molar-refractivity contribution is 5.76. The first-order valence-corrected chi connectivity index (χ1v) is 19.9. The number of rotatable bonds is 18. The van der Waals surface area contributed by atoms with Gasteiger partial charge in [-0.1, -0.05) is 147 Å². The zero-order chi connectivity index (χ0) is 39.1. The number of amides is 2. The maximum absolute atomic E-state index is 12.7. The number of carbonyl (C=O) groups excluding carboxylic acids is 2. The highest BCUT2D eigenvalue weighted by Crippen LogP contribution is 2.42. The van der Waals surface area contributed by atoms with Crippen LogP contribution in [0.3, 0.4) is 0 Å². The summed E-state index contributed by atoms with van der Waals surface area (Å²) in [4.78, 5) is 26.2. The van der Waals surface area contributed by atoms with Crippen molar-refractivity contribution in [2.75, 3.05) is 13.1 Å². The first-order valence-electron chi connectivity index (χ1n) is 19.9. The third-order valence-corrected chi connectivity index (χ3v) is 10.5. The number of unbranched alkanes of at least 4 members (excludes halogenated alkanes) is 2. The molecule has 56 heavy (non-hydrogen) atoms. The van der Waals surface area contributed by atoms with Crippen LogP contribution >= 0.6 is 0 Å². The molecule has 0 spiro atoms. The minimum absolute atomic E-state index is 0.00633. The molecule has 0 aromatic heterocycles. The standard InChI is InChI=1S/C48H55N3O5/c1-35-45(33-51(31-37-14-6-3-7-15-37)32-38-16-8-4-9-17-38)55-48(56-47(35)41-23-21-39(34-52)22-24-41)42-27-25-40(26-28-42)44-19-12-11-18-43(44)30-50-46(54)20-10-5-13-29-49-36(2)53/h3-4,6-9,11-12,14-19,21-28,35,45,47-48,52H,5,10,13,20,29-34H2,1-2H3,(H,49,53)(H,50,54)/t35-,45+,47+,48+/m1/s1. The van der Waals surface area contributed by atoms with Crippen LogP contribution < -0.4 is 10.6 Å². The van der Waals surface area contributed by atoms with Crippen molar-refractivity contribution in [3.8, 4) is 11.1 Å². The first-order chi connectivity index (χ1) is 27.4. The van der Waals surface area contributed by atoms with Gasteiger partial charge in [0.25, 0.3) is 0 Å². The molecule has 8 nitrogen and oxygen atoms in total. The minimum Gasteiger partial charge on any atom is -0.392 e. The number of hydrogen-bond acceptors (Lipinski definition) is 6. The monoisotopic (exact) mass is 753 g/mol. The summed E-state index contributed by atoms with van der Waals surface area (Å²) in [6.45, 7) is 7.09. The summed E-state index contributed by atoms with van der Waals surface area (Å²) >= 11 is 0. The van der Waals surface area contributed by atoms with Gasteiger partial charge in [0.15, 0.2) is 6.29 Å². The number of aliphatic hydroxyl groups is 1. The van der Waals surface area contributed by atoms with Crippen LogP contribution in [0.25, 0.3) is 11.1 Å². The predicted octanol–water partition coefficient (Wildman–Crippen LogP) is 8.65. The molecule has 0 unspecified atom stereocenters. The summed E-state index contributed by atoms with van der Waals surface area (Å²) in [5, 5.41) is 15.6. The molecule has 2 amide bonds. The van der Waals surface area contributed by atoms with E-state index in [1.165, 1.54) is 18.1 Å². The second kappa shape index (κ2) is 20.7. The quantitative estimate of drug-likeness (QED) is 0.0776. The molecule has 3 N–H and O–H groups in total. The second-order valence-electron chi connectivity index (χ2n) is 14.8. The molecule has 4 atom stereocenters. The summed E-state index contributed by atoms with van der Waals surface area (Å²) in [5.41, 5.74) is 8.51. The molecule has 0 bridgehead atoms. The molecule has 1 aliphatic rings. The van der Waals surface area contributed by atoms with E-state index in [0.29, 0.717) is 26.1 Å². The summed E-state index contributed by atoms with van der Waals surface area (Å²) < 4.78 is 13.7. The third-order valence-electron chi connectivity index (χ3n) is 10.5. The van der Waals surface area contributed by atoms with Crippen molar-refractivity contribution in [3.05, 3.63) is 167 Å². The van der Waals surface area contributed by atoms with Crippen LogP contribution in [0.4, 0.5) is 0 Å². The third kappa shape index (κ3) is 11.7. The van der Waals surface area contributed by atoms with Crippen molar-refractivity contribution < 1.29 is 24.2 Å². The number of nitrogens with one attached hydrogen (secondary N) is 2. The Bertz CT molecular complexity index is 1910. The van der Waals surface area contributed by atoms with E-state index in [1.807, 2.05) is 24.3 Å². The van der Waals surface area contributed by atoms with E-state index in [4.69, 9.17) is 9.47 Å². The molecule has 1 fully saturated rings. The van der Waals surface area contributed by atoms with Gasteiger partial charge in [0, 0.05) is 57.5 Å². The van der Waals surface area contributed by atoms with Gasteiger partial charge in [-0.25, -0.2) is 0 Å². The van der Waals surface area contributed by atoms with Crippen LogP contribution in [0.5, 0.6) is 0 Å². The lowest BCUT2D eigenvalue weighted by molar-refractivity contribution is -0.276. The van der Waals surface area contributed by atoms with Crippen LogP contribution in [0, 0.1) is 5.92 Å². The summed E-state index contributed by atoms with van der Waals surface area (Å²) in [5.74, 6) is 0.0450. The first kappa shape index (κ1) is 40.5. The van der Waals surface area contributed by atoms with E-state index in [9.17, 15) is 14.7 Å². The molecular formula is C48H55N3O5. The average Bonchev–Trinajstić information content (AvgIpc) is 3.23. The van der Waals surface area contributed by atoms with Gasteiger partial charge >= 0.3 is 0 Å². The summed E-state index contributed by atoms with van der Waals surface area (Å²) in [6.07, 6.45) is 2.05. The molecule has 5 aromatic rings. The average molecular weight is 754 g/mol. The van der Waals surface area contributed by atoms with E-state index < -0.39 is 6.29 Å². The number of hydrogen-bond donors (Lipinski definition) is 3. The van der Waals surface area contributed by atoms with Crippen molar-refractivity contribution in [3.63, 3.8) is 0 Å². The maximum Gasteiger partial charge on any atom is 0.220 e. The van der Waals surface area contributed by atoms with Gasteiger partial charge in [0.1, 0.15) is 0 Å². The van der Waals surface area contributed by atoms with E-state index in [1.54, 1.807) is 0 Å². The van der Waals surface area contributed by atoms with Crippen molar-refractivity contribution in [1.82, 2.24) is 15.5 Å². The second-order valence-corrected chi connectivity index (χ2v) is 14.8. The highest BCUT2D eigenvalue weighted by atomic mass is 16.7. The SMILES string of the molecule is CC(=O)NCCCCCC(=O)NCc1ccccc1-c1ccc([C@H]2O[C@@H](CN(Cc3ccccc3)Cc3ccccc3)[C@@H](C)[C@@H](c3ccc(CO)cc3)O2)cc1. The highest BCUT2D eigenvalue weighted by Gasteiger charge is 2.39. The lowest BCUT2D eigenvalue weighted by atomic mass is 9.89. The minimum atomic E-state index is -0.587. The Hall–Kier alpha value is -5.12. The molecule has 292 valence electrons. The fourth-order valence-corrected chi connectivity index (χ4v) is 7.36. The fourth-order valence-electron chi connectivity index (χ4n) is 7.36. The largest absolute Gasteiger partial charge is 0.392 e. The van der Waals surface area contributed by atoms with E-state index in [0.717, 1.165) is 65.7 Å².